The average molecular weight is 236 g/mol. The van der Waals surface area contributed by atoms with Gasteiger partial charge in [0, 0.05) is 11.8 Å². The summed E-state index contributed by atoms with van der Waals surface area (Å²) in [7, 11) is 0. The first-order chi connectivity index (χ1) is 8.24. The second-order valence-corrected chi connectivity index (χ2v) is 3.38. The Morgan fingerprint density at radius 3 is 2.71 bits per heavy atom. The lowest BCUT2D eigenvalue weighted by atomic mass is 10.0. The van der Waals surface area contributed by atoms with Crippen LogP contribution in [0.3, 0.4) is 0 Å². The molecule has 1 heterocycles. The molecular weight excluding hydrogens is 226 g/mol. The zero-order valence-corrected chi connectivity index (χ0v) is 8.77. The van der Waals surface area contributed by atoms with Gasteiger partial charge in [0.1, 0.15) is 6.33 Å². The maximum atomic E-state index is 13.6. The number of nitrogens with two attached hydrogens (primary N) is 1. The first-order valence-electron chi connectivity index (χ1n) is 4.90. The fourth-order valence-corrected chi connectivity index (χ4v) is 1.55. The van der Waals surface area contributed by atoms with Crippen molar-refractivity contribution in [1.29, 1.82) is 0 Å². The van der Waals surface area contributed by atoms with Crippen LogP contribution in [0.25, 0.3) is 0 Å². The van der Waals surface area contributed by atoms with E-state index in [1.807, 2.05) is 0 Å². The quantitative estimate of drug-likeness (QED) is 0.623. The van der Waals surface area contributed by atoms with Crippen molar-refractivity contribution in [3.8, 4) is 0 Å². The first-order valence-corrected chi connectivity index (χ1v) is 4.90. The highest BCUT2D eigenvalue weighted by Crippen LogP contribution is 2.23. The van der Waals surface area contributed by atoms with Gasteiger partial charge in [-0.2, -0.15) is 0 Å². The molecule has 17 heavy (non-hydrogen) atoms. The van der Waals surface area contributed by atoms with Gasteiger partial charge in [0.25, 0.3) is 0 Å². The summed E-state index contributed by atoms with van der Waals surface area (Å²) in [5.41, 5.74) is 2.97. The molecule has 0 bridgehead atoms. The number of hydrazine groups is 1. The normalized spacial score (nSPS) is 12.4. The van der Waals surface area contributed by atoms with Crippen LogP contribution in [-0.4, -0.2) is 9.97 Å². The van der Waals surface area contributed by atoms with Gasteiger partial charge in [0.2, 0.25) is 0 Å². The van der Waals surface area contributed by atoms with Crippen molar-refractivity contribution in [3.63, 3.8) is 0 Å². The molecule has 2 aromatic rings. The number of hydrogen-bond donors (Lipinski definition) is 2. The topological polar surface area (TPSA) is 63.8 Å². The molecule has 0 aliphatic carbocycles. The molecule has 0 saturated carbocycles. The Balaban J connectivity index is 2.46. The van der Waals surface area contributed by atoms with E-state index in [1.54, 1.807) is 6.07 Å². The predicted molar refractivity (Wildman–Crippen MR) is 57.6 cm³/mol. The third-order valence-electron chi connectivity index (χ3n) is 2.36. The molecule has 2 rings (SSSR count). The zero-order chi connectivity index (χ0) is 12.3. The third kappa shape index (κ3) is 2.27. The predicted octanol–water partition coefficient (Wildman–Crippen LogP) is 1.31. The van der Waals surface area contributed by atoms with Gasteiger partial charge in [-0.3, -0.25) is 5.84 Å². The molecule has 1 atom stereocenters. The van der Waals surface area contributed by atoms with Crippen LogP contribution in [0.5, 0.6) is 0 Å². The van der Waals surface area contributed by atoms with Gasteiger partial charge >= 0.3 is 0 Å². The first kappa shape index (κ1) is 11.6. The number of rotatable bonds is 3. The van der Waals surface area contributed by atoms with Gasteiger partial charge in [-0.1, -0.05) is 12.1 Å². The maximum absolute atomic E-state index is 13.6. The summed E-state index contributed by atoms with van der Waals surface area (Å²) in [4.78, 5) is 7.70. The van der Waals surface area contributed by atoms with Crippen molar-refractivity contribution in [1.82, 2.24) is 15.4 Å². The van der Waals surface area contributed by atoms with E-state index in [1.165, 1.54) is 24.7 Å². The van der Waals surface area contributed by atoms with Gasteiger partial charge in [-0.05, 0) is 12.1 Å². The Morgan fingerprint density at radius 1 is 1.24 bits per heavy atom. The molecule has 88 valence electrons. The molecule has 0 radical (unpaired) electrons. The van der Waals surface area contributed by atoms with E-state index < -0.39 is 17.7 Å². The van der Waals surface area contributed by atoms with Crippen LogP contribution in [0.1, 0.15) is 17.3 Å². The van der Waals surface area contributed by atoms with E-state index in [4.69, 9.17) is 5.84 Å². The molecule has 4 nitrogen and oxygen atoms in total. The van der Waals surface area contributed by atoms with Crippen LogP contribution in [0.15, 0.2) is 36.8 Å². The van der Waals surface area contributed by atoms with Gasteiger partial charge in [-0.15, -0.1) is 0 Å². The second-order valence-electron chi connectivity index (χ2n) is 3.38. The highest BCUT2D eigenvalue weighted by molar-refractivity contribution is 5.28. The van der Waals surface area contributed by atoms with Crippen LogP contribution in [0, 0.1) is 11.6 Å². The van der Waals surface area contributed by atoms with Gasteiger partial charge in [0.05, 0.1) is 11.7 Å². The Kier molecular flexibility index (Phi) is 3.36. The van der Waals surface area contributed by atoms with Crippen LogP contribution in [0.4, 0.5) is 8.78 Å². The highest BCUT2D eigenvalue weighted by atomic mass is 19.2. The van der Waals surface area contributed by atoms with Gasteiger partial charge in [-0.25, -0.2) is 24.2 Å². The lowest BCUT2D eigenvalue weighted by Gasteiger charge is -2.16. The summed E-state index contributed by atoms with van der Waals surface area (Å²) in [5, 5.41) is 0. The number of nitrogens with zero attached hydrogens (tertiary/aromatic N) is 2. The smallest absolute Gasteiger partial charge is 0.164 e. The number of hydrogen-bond acceptors (Lipinski definition) is 4. The minimum Gasteiger partial charge on any atom is -0.271 e. The van der Waals surface area contributed by atoms with Gasteiger partial charge < -0.3 is 0 Å². The van der Waals surface area contributed by atoms with Crippen LogP contribution >= 0.6 is 0 Å². The standard InChI is InChI=1S/C11H10F2N4/c12-8-3-1-2-7(10(8)13)11(17-14)9-4-5-15-6-16-9/h1-6,11,17H,14H2. The lowest BCUT2D eigenvalue weighted by Crippen LogP contribution is -2.30. The minimum absolute atomic E-state index is 0.103. The largest absolute Gasteiger partial charge is 0.271 e. The Hall–Kier alpha value is -1.92. The molecule has 6 heteroatoms. The summed E-state index contributed by atoms with van der Waals surface area (Å²) in [6.45, 7) is 0. The molecule has 0 aliphatic heterocycles. The van der Waals surface area contributed by atoms with Crippen LogP contribution in [-0.2, 0) is 0 Å². The van der Waals surface area contributed by atoms with E-state index in [9.17, 15) is 8.78 Å². The van der Waals surface area contributed by atoms with E-state index in [0.29, 0.717) is 5.69 Å². The van der Waals surface area contributed by atoms with E-state index >= 15 is 0 Å². The summed E-state index contributed by atoms with van der Waals surface area (Å²) >= 11 is 0. The number of aromatic nitrogens is 2. The molecule has 0 aliphatic rings. The molecule has 1 unspecified atom stereocenters. The fourth-order valence-electron chi connectivity index (χ4n) is 1.55. The number of benzene rings is 1. The average Bonchev–Trinajstić information content (AvgIpc) is 2.37. The molecule has 0 spiro atoms. The SMILES string of the molecule is NNC(c1ccncn1)c1cccc(F)c1F. The second kappa shape index (κ2) is 4.94. The Bertz CT molecular complexity index is 504. The summed E-state index contributed by atoms with van der Waals surface area (Å²) < 4.78 is 26.7. The summed E-state index contributed by atoms with van der Waals surface area (Å²) in [5.74, 6) is 3.50. The van der Waals surface area contributed by atoms with Gasteiger partial charge in [0.15, 0.2) is 11.6 Å². The molecule has 1 aromatic heterocycles. The van der Waals surface area contributed by atoms with Crippen molar-refractivity contribution in [3.05, 3.63) is 59.7 Å². The summed E-state index contributed by atoms with van der Waals surface area (Å²) in [6.07, 6.45) is 2.82. The van der Waals surface area contributed by atoms with E-state index in [2.05, 4.69) is 15.4 Å². The molecular formula is C11H10F2N4. The lowest BCUT2D eigenvalue weighted by molar-refractivity contribution is 0.481. The highest BCUT2D eigenvalue weighted by Gasteiger charge is 2.19. The van der Waals surface area contributed by atoms with Crippen molar-refractivity contribution in [2.45, 2.75) is 6.04 Å². The fraction of sp³-hybridized carbons (Fsp3) is 0.0909. The van der Waals surface area contributed by atoms with E-state index in [0.717, 1.165) is 6.07 Å². The Morgan fingerprint density at radius 2 is 2.06 bits per heavy atom. The number of nitrogens with one attached hydrogen (secondary N) is 1. The maximum Gasteiger partial charge on any atom is 0.164 e. The third-order valence-corrected chi connectivity index (χ3v) is 2.36. The molecule has 0 saturated heterocycles. The van der Waals surface area contributed by atoms with Crippen molar-refractivity contribution in [2.75, 3.05) is 0 Å². The molecule has 0 fully saturated rings. The molecule has 0 amide bonds. The summed E-state index contributed by atoms with van der Waals surface area (Å²) in [6, 6.07) is 4.78. The molecule has 3 N–H and O–H groups in total. The van der Waals surface area contributed by atoms with Crippen LogP contribution in [0.2, 0.25) is 0 Å². The Labute approximate surface area is 96.5 Å². The monoisotopic (exact) mass is 236 g/mol. The minimum atomic E-state index is -0.936. The van der Waals surface area contributed by atoms with Crippen molar-refractivity contribution in [2.24, 2.45) is 5.84 Å². The van der Waals surface area contributed by atoms with Crippen molar-refractivity contribution >= 4 is 0 Å². The number of halogens is 2. The van der Waals surface area contributed by atoms with Crippen molar-refractivity contribution < 1.29 is 8.78 Å². The zero-order valence-electron chi connectivity index (χ0n) is 8.77. The van der Waals surface area contributed by atoms with E-state index in [-0.39, 0.29) is 5.56 Å². The van der Waals surface area contributed by atoms with Crippen LogP contribution < -0.4 is 11.3 Å². The molecule has 1 aromatic carbocycles.